The Bertz CT molecular complexity index is 609. The molecule has 0 aliphatic heterocycles. The fourth-order valence-electron chi connectivity index (χ4n) is 2.17. The number of hydrogen-bond donors (Lipinski definition) is 2. The van der Waals surface area contributed by atoms with Gasteiger partial charge in [0.1, 0.15) is 5.75 Å². The van der Waals surface area contributed by atoms with E-state index in [0.29, 0.717) is 19.1 Å². The standard InChI is InChI=1S/C20H26N2O2/c1-16(2)15-24-19-10-8-18(9-11-19)22-14-20(23)21-13-12-17-6-4-3-5-7-17/h3-11,16,22H,12-15H2,1-2H3,(H,21,23). The van der Waals surface area contributed by atoms with Gasteiger partial charge in [0.25, 0.3) is 0 Å². The van der Waals surface area contributed by atoms with Crippen LogP contribution in [0.3, 0.4) is 0 Å². The highest BCUT2D eigenvalue weighted by Crippen LogP contribution is 2.16. The fourth-order valence-corrected chi connectivity index (χ4v) is 2.17. The number of hydrogen-bond acceptors (Lipinski definition) is 3. The maximum atomic E-state index is 11.9. The Morgan fingerprint density at radius 2 is 1.75 bits per heavy atom. The Morgan fingerprint density at radius 3 is 2.42 bits per heavy atom. The Hall–Kier alpha value is -2.49. The lowest BCUT2D eigenvalue weighted by Gasteiger charge is -2.10. The van der Waals surface area contributed by atoms with Crippen molar-refractivity contribution in [2.75, 3.05) is 25.0 Å². The second kappa shape index (κ2) is 9.60. The summed E-state index contributed by atoms with van der Waals surface area (Å²) in [5.41, 5.74) is 2.13. The van der Waals surface area contributed by atoms with Crippen molar-refractivity contribution >= 4 is 11.6 Å². The molecule has 0 atom stereocenters. The van der Waals surface area contributed by atoms with Crippen molar-refractivity contribution in [2.24, 2.45) is 5.92 Å². The van der Waals surface area contributed by atoms with Gasteiger partial charge in [-0.1, -0.05) is 44.2 Å². The van der Waals surface area contributed by atoms with E-state index in [0.717, 1.165) is 17.9 Å². The van der Waals surface area contributed by atoms with Gasteiger partial charge < -0.3 is 15.4 Å². The quantitative estimate of drug-likeness (QED) is 0.741. The van der Waals surface area contributed by atoms with Crippen molar-refractivity contribution in [3.63, 3.8) is 0 Å². The van der Waals surface area contributed by atoms with Crippen LogP contribution in [0.1, 0.15) is 19.4 Å². The molecule has 4 nitrogen and oxygen atoms in total. The van der Waals surface area contributed by atoms with Crippen LogP contribution < -0.4 is 15.4 Å². The third-order valence-electron chi connectivity index (χ3n) is 3.47. The summed E-state index contributed by atoms with van der Waals surface area (Å²) in [6.45, 7) is 5.85. The molecule has 24 heavy (non-hydrogen) atoms. The molecule has 2 N–H and O–H groups in total. The van der Waals surface area contributed by atoms with Gasteiger partial charge >= 0.3 is 0 Å². The van der Waals surface area contributed by atoms with Gasteiger partial charge in [-0.2, -0.15) is 0 Å². The van der Waals surface area contributed by atoms with Gasteiger partial charge in [-0.05, 0) is 42.2 Å². The van der Waals surface area contributed by atoms with E-state index in [2.05, 4.69) is 36.6 Å². The Morgan fingerprint density at radius 1 is 1.04 bits per heavy atom. The molecule has 0 saturated carbocycles. The number of ether oxygens (including phenoxy) is 1. The summed E-state index contributed by atoms with van der Waals surface area (Å²) < 4.78 is 5.64. The second-order valence-corrected chi connectivity index (χ2v) is 6.17. The molecule has 0 aliphatic rings. The minimum Gasteiger partial charge on any atom is -0.493 e. The number of nitrogens with one attached hydrogen (secondary N) is 2. The Kier molecular flexibility index (Phi) is 7.15. The molecule has 128 valence electrons. The number of carbonyl (C=O) groups is 1. The van der Waals surface area contributed by atoms with E-state index in [4.69, 9.17) is 4.74 Å². The molecule has 2 aromatic rings. The average Bonchev–Trinajstić information content (AvgIpc) is 2.60. The van der Waals surface area contributed by atoms with E-state index in [-0.39, 0.29) is 12.5 Å². The maximum Gasteiger partial charge on any atom is 0.239 e. The summed E-state index contributed by atoms with van der Waals surface area (Å²) in [5, 5.41) is 6.04. The summed E-state index contributed by atoms with van der Waals surface area (Å²) in [7, 11) is 0. The third kappa shape index (κ3) is 6.73. The normalized spacial score (nSPS) is 10.5. The van der Waals surface area contributed by atoms with Crippen LogP contribution in [0.4, 0.5) is 5.69 Å². The number of anilines is 1. The van der Waals surface area contributed by atoms with E-state index >= 15 is 0 Å². The molecule has 1 amide bonds. The third-order valence-corrected chi connectivity index (χ3v) is 3.47. The van der Waals surface area contributed by atoms with E-state index in [1.165, 1.54) is 5.56 Å². The first-order valence-corrected chi connectivity index (χ1v) is 8.41. The van der Waals surface area contributed by atoms with Crippen molar-refractivity contribution in [3.8, 4) is 5.75 Å². The first-order valence-electron chi connectivity index (χ1n) is 8.41. The molecule has 0 aliphatic carbocycles. The molecule has 4 heteroatoms. The zero-order valence-electron chi connectivity index (χ0n) is 14.4. The van der Waals surface area contributed by atoms with E-state index in [1.807, 2.05) is 42.5 Å². The highest BCUT2D eigenvalue weighted by Gasteiger charge is 2.02. The molecule has 0 aromatic heterocycles. The van der Waals surface area contributed by atoms with Gasteiger partial charge in [0.2, 0.25) is 5.91 Å². The van der Waals surface area contributed by atoms with Crippen molar-refractivity contribution in [1.29, 1.82) is 0 Å². The topological polar surface area (TPSA) is 50.4 Å². The van der Waals surface area contributed by atoms with Crippen LogP contribution in [0.5, 0.6) is 5.75 Å². The maximum absolute atomic E-state index is 11.9. The average molecular weight is 326 g/mol. The molecule has 0 spiro atoms. The molecular weight excluding hydrogens is 300 g/mol. The zero-order chi connectivity index (χ0) is 17.2. The second-order valence-electron chi connectivity index (χ2n) is 6.17. The summed E-state index contributed by atoms with van der Waals surface area (Å²) in [5.74, 6) is 1.34. The number of carbonyl (C=O) groups excluding carboxylic acids is 1. The van der Waals surface area contributed by atoms with Crippen molar-refractivity contribution in [2.45, 2.75) is 20.3 Å². The first-order chi connectivity index (χ1) is 11.6. The molecule has 0 bridgehead atoms. The molecule has 2 aromatic carbocycles. The molecular formula is C20H26N2O2. The number of benzene rings is 2. The summed E-state index contributed by atoms with van der Waals surface area (Å²) in [6, 6.07) is 17.8. The van der Waals surface area contributed by atoms with E-state index in [1.54, 1.807) is 0 Å². The zero-order valence-corrected chi connectivity index (χ0v) is 14.4. The van der Waals surface area contributed by atoms with Crippen LogP contribution in [0.2, 0.25) is 0 Å². The molecule has 0 unspecified atom stereocenters. The predicted molar refractivity (Wildman–Crippen MR) is 98.4 cm³/mol. The summed E-state index contributed by atoms with van der Waals surface area (Å²) in [6.07, 6.45) is 0.842. The highest BCUT2D eigenvalue weighted by molar-refractivity contribution is 5.80. The van der Waals surface area contributed by atoms with Crippen LogP contribution >= 0.6 is 0 Å². The largest absolute Gasteiger partial charge is 0.493 e. The minimum atomic E-state index is -0.00827. The molecule has 0 heterocycles. The van der Waals surface area contributed by atoms with Crippen LogP contribution in [-0.2, 0) is 11.2 Å². The van der Waals surface area contributed by atoms with Gasteiger partial charge in [-0.25, -0.2) is 0 Å². The van der Waals surface area contributed by atoms with Crippen LogP contribution in [0.15, 0.2) is 54.6 Å². The van der Waals surface area contributed by atoms with Gasteiger partial charge in [0.05, 0.1) is 13.2 Å². The highest BCUT2D eigenvalue weighted by atomic mass is 16.5. The van der Waals surface area contributed by atoms with Gasteiger partial charge in [0, 0.05) is 12.2 Å². The summed E-state index contributed by atoms with van der Waals surface area (Å²) in [4.78, 5) is 11.9. The van der Waals surface area contributed by atoms with Crippen LogP contribution in [0, 0.1) is 5.92 Å². The fraction of sp³-hybridized carbons (Fsp3) is 0.350. The number of amides is 1. The monoisotopic (exact) mass is 326 g/mol. The smallest absolute Gasteiger partial charge is 0.239 e. The molecule has 0 saturated heterocycles. The Balaban J connectivity index is 1.66. The lowest BCUT2D eigenvalue weighted by atomic mass is 10.1. The van der Waals surface area contributed by atoms with Crippen molar-refractivity contribution in [1.82, 2.24) is 5.32 Å². The van der Waals surface area contributed by atoms with Crippen LogP contribution in [-0.4, -0.2) is 25.6 Å². The number of rotatable bonds is 9. The Labute approximate surface area is 144 Å². The van der Waals surface area contributed by atoms with Gasteiger partial charge in [-0.15, -0.1) is 0 Å². The van der Waals surface area contributed by atoms with E-state index < -0.39 is 0 Å². The van der Waals surface area contributed by atoms with Crippen molar-refractivity contribution < 1.29 is 9.53 Å². The van der Waals surface area contributed by atoms with Crippen molar-refractivity contribution in [3.05, 3.63) is 60.2 Å². The lowest BCUT2D eigenvalue weighted by Crippen LogP contribution is -2.31. The van der Waals surface area contributed by atoms with Gasteiger partial charge in [-0.3, -0.25) is 4.79 Å². The van der Waals surface area contributed by atoms with E-state index in [9.17, 15) is 4.79 Å². The first kappa shape index (κ1) is 17.9. The summed E-state index contributed by atoms with van der Waals surface area (Å²) >= 11 is 0. The minimum absolute atomic E-state index is 0.00827. The van der Waals surface area contributed by atoms with Gasteiger partial charge in [0.15, 0.2) is 0 Å². The SMILES string of the molecule is CC(C)COc1ccc(NCC(=O)NCCc2ccccc2)cc1. The molecule has 0 radical (unpaired) electrons. The lowest BCUT2D eigenvalue weighted by molar-refractivity contribution is -0.119. The van der Waals surface area contributed by atoms with Crippen LogP contribution in [0.25, 0.3) is 0 Å². The molecule has 2 rings (SSSR count). The predicted octanol–water partition coefficient (Wildman–Crippen LogP) is 3.49. The molecule has 0 fully saturated rings.